The largest absolute Gasteiger partial charge is 0.491 e. The van der Waals surface area contributed by atoms with Gasteiger partial charge in [0.2, 0.25) is 0 Å². The third kappa shape index (κ3) is 4.71. The molecule has 1 N–H and O–H groups in total. The van der Waals surface area contributed by atoms with Crippen LogP contribution in [0.25, 0.3) is 21.3 Å². The van der Waals surface area contributed by atoms with Crippen LogP contribution in [-0.2, 0) is 0 Å². The van der Waals surface area contributed by atoms with E-state index >= 15 is 0 Å². The molecule has 0 saturated carbocycles. The van der Waals surface area contributed by atoms with Gasteiger partial charge in [-0.15, -0.1) is 11.3 Å². The first kappa shape index (κ1) is 20.1. The summed E-state index contributed by atoms with van der Waals surface area (Å²) in [5.41, 5.74) is 1.21. The second kappa shape index (κ2) is 8.30. The standard InChI is InChI=1S/C23H29N3O2S/c1-4-25-10-12-26(13-11-25)22-21-18(9-14-29-21)15-20(24-22)17-5-7-19(8-6-17)28-16-23(2,3)27/h5-9,14-15,27H,4,10-13,16H2,1-3H3. The second-order valence-electron chi connectivity index (χ2n) is 8.22. The van der Waals surface area contributed by atoms with E-state index in [2.05, 4.69) is 34.2 Å². The number of hydrogen-bond donors (Lipinski definition) is 1. The molecular weight excluding hydrogens is 382 g/mol. The third-order valence-electron chi connectivity index (χ3n) is 5.28. The minimum Gasteiger partial charge on any atom is -0.491 e. The zero-order chi connectivity index (χ0) is 20.4. The van der Waals surface area contributed by atoms with E-state index < -0.39 is 5.60 Å². The maximum Gasteiger partial charge on any atom is 0.147 e. The number of likely N-dealkylation sites (N-methyl/N-ethyl adjacent to an activating group) is 1. The van der Waals surface area contributed by atoms with Crippen molar-refractivity contribution in [2.24, 2.45) is 0 Å². The van der Waals surface area contributed by atoms with Gasteiger partial charge in [-0.05, 0) is 67.6 Å². The molecule has 0 amide bonds. The van der Waals surface area contributed by atoms with E-state index in [-0.39, 0.29) is 6.61 Å². The molecule has 0 bridgehead atoms. The van der Waals surface area contributed by atoms with E-state index in [0.29, 0.717) is 0 Å². The predicted molar refractivity (Wildman–Crippen MR) is 121 cm³/mol. The second-order valence-corrected chi connectivity index (χ2v) is 9.13. The van der Waals surface area contributed by atoms with Gasteiger partial charge in [0.1, 0.15) is 18.2 Å². The lowest BCUT2D eigenvalue weighted by Gasteiger charge is -2.35. The number of nitrogens with zero attached hydrogens (tertiary/aromatic N) is 3. The molecule has 0 spiro atoms. The summed E-state index contributed by atoms with van der Waals surface area (Å²) in [4.78, 5) is 9.98. The van der Waals surface area contributed by atoms with Gasteiger partial charge in [0.25, 0.3) is 0 Å². The van der Waals surface area contributed by atoms with Gasteiger partial charge in [-0.25, -0.2) is 4.98 Å². The summed E-state index contributed by atoms with van der Waals surface area (Å²) in [7, 11) is 0. The van der Waals surface area contributed by atoms with E-state index in [1.165, 1.54) is 10.1 Å². The number of aliphatic hydroxyl groups is 1. The monoisotopic (exact) mass is 411 g/mol. The summed E-state index contributed by atoms with van der Waals surface area (Å²) in [6.45, 7) is 11.3. The van der Waals surface area contributed by atoms with Crippen LogP contribution in [0.5, 0.6) is 5.75 Å². The molecule has 0 aliphatic carbocycles. The lowest BCUT2D eigenvalue weighted by atomic mass is 10.1. The highest BCUT2D eigenvalue weighted by Crippen LogP contribution is 2.34. The van der Waals surface area contributed by atoms with Crippen LogP contribution in [0.2, 0.25) is 0 Å². The number of benzene rings is 1. The molecule has 154 valence electrons. The average Bonchev–Trinajstić information content (AvgIpc) is 3.20. The lowest BCUT2D eigenvalue weighted by molar-refractivity contribution is 0.0285. The number of piperazine rings is 1. The van der Waals surface area contributed by atoms with Crippen LogP contribution < -0.4 is 9.64 Å². The lowest BCUT2D eigenvalue weighted by Crippen LogP contribution is -2.46. The van der Waals surface area contributed by atoms with E-state index in [1.54, 1.807) is 25.2 Å². The number of pyridine rings is 1. The normalized spacial score (nSPS) is 15.8. The Balaban J connectivity index is 1.60. The number of thiophene rings is 1. The molecule has 3 aromatic rings. The zero-order valence-corrected chi connectivity index (χ0v) is 18.2. The van der Waals surface area contributed by atoms with Gasteiger partial charge in [-0.2, -0.15) is 0 Å². The van der Waals surface area contributed by atoms with Crippen LogP contribution in [0.15, 0.2) is 41.8 Å². The molecule has 4 rings (SSSR count). The molecular formula is C23H29N3O2S. The fourth-order valence-corrected chi connectivity index (χ4v) is 4.47. The van der Waals surface area contributed by atoms with Crippen LogP contribution >= 0.6 is 11.3 Å². The van der Waals surface area contributed by atoms with Crippen molar-refractivity contribution in [2.75, 3.05) is 44.2 Å². The minimum atomic E-state index is -0.846. The first-order valence-corrected chi connectivity index (χ1v) is 11.1. The molecule has 0 radical (unpaired) electrons. The zero-order valence-electron chi connectivity index (χ0n) is 17.4. The summed E-state index contributed by atoms with van der Waals surface area (Å²) < 4.78 is 6.94. The van der Waals surface area contributed by atoms with Crippen molar-refractivity contribution in [2.45, 2.75) is 26.4 Å². The Morgan fingerprint density at radius 2 is 1.83 bits per heavy atom. The molecule has 3 heterocycles. The fraction of sp³-hybridized carbons (Fsp3) is 0.435. The maximum atomic E-state index is 9.84. The highest BCUT2D eigenvalue weighted by molar-refractivity contribution is 7.17. The molecule has 1 fully saturated rings. The van der Waals surface area contributed by atoms with Crippen molar-refractivity contribution >= 4 is 27.2 Å². The Labute approximate surface area is 176 Å². The van der Waals surface area contributed by atoms with E-state index in [0.717, 1.165) is 55.5 Å². The number of ether oxygens (including phenoxy) is 1. The summed E-state index contributed by atoms with van der Waals surface area (Å²) in [5.74, 6) is 1.86. The number of aromatic nitrogens is 1. The van der Waals surface area contributed by atoms with Crippen molar-refractivity contribution < 1.29 is 9.84 Å². The number of hydrogen-bond acceptors (Lipinski definition) is 6. The van der Waals surface area contributed by atoms with Crippen molar-refractivity contribution in [3.8, 4) is 17.0 Å². The topological polar surface area (TPSA) is 48.8 Å². The van der Waals surface area contributed by atoms with Crippen molar-refractivity contribution in [3.05, 3.63) is 41.8 Å². The first-order chi connectivity index (χ1) is 13.9. The number of anilines is 1. The van der Waals surface area contributed by atoms with Crippen LogP contribution in [0, 0.1) is 0 Å². The van der Waals surface area contributed by atoms with Gasteiger partial charge in [0, 0.05) is 31.7 Å². The first-order valence-electron chi connectivity index (χ1n) is 10.2. The molecule has 1 aliphatic rings. The molecule has 29 heavy (non-hydrogen) atoms. The van der Waals surface area contributed by atoms with Crippen LogP contribution in [0.3, 0.4) is 0 Å². The Hall–Kier alpha value is -2.15. The smallest absolute Gasteiger partial charge is 0.147 e. The third-order valence-corrected chi connectivity index (χ3v) is 6.20. The van der Waals surface area contributed by atoms with Gasteiger partial charge >= 0.3 is 0 Å². The molecule has 2 aromatic heterocycles. The maximum absolute atomic E-state index is 9.84. The van der Waals surface area contributed by atoms with Crippen LogP contribution in [0.1, 0.15) is 20.8 Å². The van der Waals surface area contributed by atoms with E-state index in [4.69, 9.17) is 9.72 Å². The van der Waals surface area contributed by atoms with E-state index in [1.807, 2.05) is 24.3 Å². The summed E-state index contributed by atoms with van der Waals surface area (Å²) in [6, 6.07) is 12.3. The van der Waals surface area contributed by atoms with Gasteiger partial charge < -0.3 is 19.6 Å². The molecule has 0 unspecified atom stereocenters. The van der Waals surface area contributed by atoms with Crippen LogP contribution in [-0.4, -0.2) is 59.9 Å². The molecule has 6 heteroatoms. The Morgan fingerprint density at radius 1 is 1.10 bits per heavy atom. The van der Waals surface area contributed by atoms with Gasteiger partial charge in [0.05, 0.1) is 16.0 Å². The van der Waals surface area contributed by atoms with Crippen LogP contribution in [0.4, 0.5) is 5.82 Å². The summed E-state index contributed by atoms with van der Waals surface area (Å²) >= 11 is 1.77. The minimum absolute atomic E-state index is 0.263. The SMILES string of the molecule is CCN1CCN(c2nc(-c3ccc(OCC(C)(C)O)cc3)cc3ccsc23)CC1. The van der Waals surface area contributed by atoms with Crippen molar-refractivity contribution in [1.29, 1.82) is 0 Å². The average molecular weight is 412 g/mol. The molecule has 1 aliphatic heterocycles. The van der Waals surface area contributed by atoms with Crippen molar-refractivity contribution in [3.63, 3.8) is 0 Å². The molecule has 1 saturated heterocycles. The summed E-state index contributed by atoms with van der Waals surface area (Å²) in [6.07, 6.45) is 0. The Kier molecular flexibility index (Phi) is 5.76. The molecule has 1 aromatic carbocycles. The highest BCUT2D eigenvalue weighted by atomic mass is 32.1. The van der Waals surface area contributed by atoms with Gasteiger partial charge in [-0.3, -0.25) is 0 Å². The predicted octanol–water partition coefficient (Wildman–Crippen LogP) is 4.25. The quantitative estimate of drug-likeness (QED) is 0.657. The summed E-state index contributed by atoms with van der Waals surface area (Å²) in [5, 5.41) is 13.2. The van der Waals surface area contributed by atoms with Gasteiger partial charge in [0.15, 0.2) is 0 Å². The molecule has 5 nitrogen and oxygen atoms in total. The fourth-order valence-electron chi connectivity index (χ4n) is 3.58. The number of rotatable bonds is 6. The van der Waals surface area contributed by atoms with Crippen molar-refractivity contribution in [1.82, 2.24) is 9.88 Å². The Bertz CT molecular complexity index is 954. The van der Waals surface area contributed by atoms with E-state index in [9.17, 15) is 5.11 Å². The Morgan fingerprint density at radius 3 is 2.48 bits per heavy atom. The van der Waals surface area contributed by atoms with Gasteiger partial charge in [-0.1, -0.05) is 6.92 Å². The molecule has 0 atom stereocenters. The number of fused-ring (bicyclic) bond motifs is 1. The highest BCUT2D eigenvalue weighted by Gasteiger charge is 2.20.